The molecule has 19 heavy (non-hydrogen) atoms. The van der Waals surface area contributed by atoms with Gasteiger partial charge in [0.2, 0.25) is 0 Å². The molecule has 0 radical (unpaired) electrons. The standard InChI is InChI=1S/C13H27N3O2S/c1-11-8-12(2)16(10-11)19(17,18)15-6-4-13(5-7-15)9-14-3/h11-14H,4-10H2,1-3H3. The van der Waals surface area contributed by atoms with Crippen molar-refractivity contribution in [2.75, 3.05) is 33.2 Å². The summed E-state index contributed by atoms with van der Waals surface area (Å²) in [6.07, 6.45) is 2.92. The number of nitrogens with zero attached hydrogens (tertiary/aromatic N) is 2. The van der Waals surface area contributed by atoms with Crippen LogP contribution in [0.5, 0.6) is 0 Å². The van der Waals surface area contributed by atoms with Gasteiger partial charge in [-0.3, -0.25) is 0 Å². The fourth-order valence-electron chi connectivity index (χ4n) is 3.36. The van der Waals surface area contributed by atoms with E-state index in [0.717, 1.165) is 25.8 Å². The molecule has 2 saturated heterocycles. The highest BCUT2D eigenvalue weighted by molar-refractivity contribution is 7.86. The quantitative estimate of drug-likeness (QED) is 0.836. The van der Waals surface area contributed by atoms with E-state index in [1.54, 1.807) is 8.61 Å². The van der Waals surface area contributed by atoms with Gasteiger partial charge in [0, 0.05) is 25.7 Å². The van der Waals surface area contributed by atoms with Gasteiger partial charge in [0.05, 0.1) is 0 Å². The summed E-state index contributed by atoms with van der Waals surface area (Å²) in [5.41, 5.74) is 0. The zero-order chi connectivity index (χ0) is 14.0. The van der Waals surface area contributed by atoms with E-state index in [-0.39, 0.29) is 6.04 Å². The number of nitrogens with one attached hydrogen (secondary N) is 1. The van der Waals surface area contributed by atoms with E-state index >= 15 is 0 Å². The Morgan fingerprint density at radius 2 is 1.84 bits per heavy atom. The highest BCUT2D eigenvalue weighted by Crippen LogP contribution is 2.29. The predicted octanol–water partition coefficient (Wildman–Crippen LogP) is 0.893. The Kier molecular flexibility index (Phi) is 4.87. The molecular weight excluding hydrogens is 262 g/mol. The Hall–Kier alpha value is -0.170. The minimum Gasteiger partial charge on any atom is -0.319 e. The van der Waals surface area contributed by atoms with Gasteiger partial charge in [0.25, 0.3) is 10.2 Å². The minimum atomic E-state index is -3.24. The lowest BCUT2D eigenvalue weighted by atomic mass is 9.98. The third-order valence-electron chi connectivity index (χ3n) is 4.42. The molecule has 5 nitrogen and oxygen atoms in total. The first kappa shape index (κ1) is 15.2. The molecule has 2 aliphatic heterocycles. The highest BCUT2D eigenvalue weighted by Gasteiger charge is 2.39. The number of rotatable bonds is 4. The maximum atomic E-state index is 12.6. The molecule has 0 saturated carbocycles. The third-order valence-corrected chi connectivity index (χ3v) is 6.54. The summed E-state index contributed by atoms with van der Waals surface area (Å²) in [4.78, 5) is 0. The fourth-order valence-corrected chi connectivity index (χ4v) is 5.32. The summed E-state index contributed by atoms with van der Waals surface area (Å²) in [5, 5.41) is 3.18. The van der Waals surface area contributed by atoms with Crippen molar-refractivity contribution in [2.24, 2.45) is 11.8 Å². The van der Waals surface area contributed by atoms with Crippen molar-refractivity contribution in [3.8, 4) is 0 Å². The van der Waals surface area contributed by atoms with Crippen LogP contribution in [-0.2, 0) is 10.2 Å². The molecule has 2 aliphatic rings. The van der Waals surface area contributed by atoms with Crippen LogP contribution in [0.15, 0.2) is 0 Å². The second-order valence-corrected chi connectivity index (χ2v) is 8.05. The number of piperidine rings is 1. The minimum absolute atomic E-state index is 0.148. The summed E-state index contributed by atoms with van der Waals surface area (Å²) in [5.74, 6) is 1.10. The van der Waals surface area contributed by atoms with Crippen molar-refractivity contribution in [1.29, 1.82) is 0 Å². The smallest absolute Gasteiger partial charge is 0.282 e. The van der Waals surface area contributed by atoms with E-state index in [4.69, 9.17) is 0 Å². The molecule has 2 rings (SSSR count). The van der Waals surface area contributed by atoms with Crippen LogP contribution in [0.4, 0.5) is 0 Å². The van der Waals surface area contributed by atoms with Crippen molar-refractivity contribution < 1.29 is 8.42 Å². The first-order valence-corrected chi connectivity index (χ1v) is 8.76. The van der Waals surface area contributed by atoms with Gasteiger partial charge in [-0.25, -0.2) is 0 Å². The van der Waals surface area contributed by atoms with Gasteiger partial charge in [0.1, 0.15) is 0 Å². The van der Waals surface area contributed by atoms with Crippen LogP contribution >= 0.6 is 0 Å². The maximum Gasteiger partial charge on any atom is 0.282 e. The van der Waals surface area contributed by atoms with Gasteiger partial charge in [-0.1, -0.05) is 6.92 Å². The summed E-state index contributed by atoms with van der Waals surface area (Å²) < 4.78 is 28.7. The molecule has 0 aromatic carbocycles. The molecule has 0 aromatic heterocycles. The largest absolute Gasteiger partial charge is 0.319 e. The third kappa shape index (κ3) is 3.29. The van der Waals surface area contributed by atoms with Crippen LogP contribution in [-0.4, -0.2) is 56.3 Å². The Labute approximate surface area is 117 Å². The van der Waals surface area contributed by atoms with Crippen molar-refractivity contribution >= 4 is 10.2 Å². The zero-order valence-corrected chi connectivity index (χ0v) is 13.1. The number of hydrogen-bond donors (Lipinski definition) is 1. The summed E-state index contributed by atoms with van der Waals surface area (Å²) in [6, 6.07) is 0.148. The van der Waals surface area contributed by atoms with Crippen molar-refractivity contribution in [2.45, 2.75) is 39.2 Å². The van der Waals surface area contributed by atoms with Crippen molar-refractivity contribution in [1.82, 2.24) is 13.9 Å². The van der Waals surface area contributed by atoms with E-state index in [1.807, 2.05) is 14.0 Å². The summed E-state index contributed by atoms with van der Waals surface area (Å²) >= 11 is 0. The first-order valence-electron chi connectivity index (χ1n) is 7.36. The Balaban J connectivity index is 1.98. The van der Waals surface area contributed by atoms with E-state index in [2.05, 4.69) is 12.2 Å². The average Bonchev–Trinajstić information content (AvgIpc) is 2.70. The Morgan fingerprint density at radius 1 is 1.21 bits per heavy atom. The molecule has 1 N–H and O–H groups in total. The molecule has 6 heteroatoms. The molecule has 2 atom stereocenters. The van der Waals surface area contributed by atoms with Crippen LogP contribution in [0.25, 0.3) is 0 Å². The van der Waals surface area contributed by atoms with E-state index in [0.29, 0.717) is 31.5 Å². The highest BCUT2D eigenvalue weighted by atomic mass is 32.2. The summed E-state index contributed by atoms with van der Waals surface area (Å²) in [7, 11) is -1.28. The number of hydrogen-bond acceptors (Lipinski definition) is 3. The van der Waals surface area contributed by atoms with Gasteiger partial charge < -0.3 is 5.32 Å². The second kappa shape index (κ2) is 6.08. The maximum absolute atomic E-state index is 12.6. The first-order chi connectivity index (χ1) is 8.95. The Morgan fingerprint density at radius 3 is 2.32 bits per heavy atom. The molecule has 0 amide bonds. The molecule has 112 valence electrons. The predicted molar refractivity (Wildman–Crippen MR) is 77.1 cm³/mol. The van der Waals surface area contributed by atoms with Crippen LogP contribution < -0.4 is 5.32 Å². The second-order valence-electron chi connectivity index (χ2n) is 6.17. The van der Waals surface area contributed by atoms with E-state index < -0.39 is 10.2 Å². The Bertz CT molecular complexity index is 391. The van der Waals surface area contributed by atoms with Crippen LogP contribution in [0.3, 0.4) is 0 Å². The van der Waals surface area contributed by atoms with Crippen LogP contribution in [0.1, 0.15) is 33.1 Å². The molecule has 0 spiro atoms. The van der Waals surface area contributed by atoms with E-state index in [1.165, 1.54) is 0 Å². The molecule has 2 unspecified atom stereocenters. The zero-order valence-electron chi connectivity index (χ0n) is 12.3. The normalized spacial score (nSPS) is 31.9. The molecule has 0 aromatic rings. The van der Waals surface area contributed by atoms with Gasteiger partial charge in [-0.15, -0.1) is 0 Å². The van der Waals surface area contributed by atoms with Crippen molar-refractivity contribution in [3.05, 3.63) is 0 Å². The lowest BCUT2D eigenvalue weighted by Crippen LogP contribution is -2.48. The summed E-state index contributed by atoms with van der Waals surface area (Å²) in [6.45, 7) is 7.17. The fraction of sp³-hybridized carbons (Fsp3) is 1.00. The van der Waals surface area contributed by atoms with Crippen LogP contribution in [0.2, 0.25) is 0 Å². The van der Waals surface area contributed by atoms with Crippen LogP contribution in [0, 0.1) is 11.8 Å². The van der Waals surface area contributed by atoms with Gasteiger partial charge in [-0.05, 0) is 51.6 Å². The molecule has 0 bridgehead atoms. The lowest BCUT2D eigenvalue weighted by Gasteiger charge is -2.35. The van der Waals surface area contributed by atoms with Crippen molar-refractivity contribution in [3.63, 3.8) is 0 Å². The lowest BCUT2D eigenvalue weighted by molar-refractivity contribution is 0.249. The molecule has 2 fully saturated rings. The SMILES string of the molecule is CNCC1CCN(S(=O)(=O)N2CC(C)CC2C)CC1. The van der Waals surface area contributed by atoms with Gasteiger partial charge in [-0.2, -0.15) is 17.0 Å². The van der Waals surface area contributed by atoms with Gasteiger partial charge >= 0.3 is 0 Å². The topological polar surface area (TPSA) is 52.7 Å². The van der Waals surface area contributed by atoms with E-state index in [9.17, 15) is 8.42 Å². The molecular formula is C13H27N3O2S. The average molecular weight is 289 g/mol. The molecule has 0 aliphatic carbocycles. The monoisotopic (exact) mass is 289 g/mol. The van der Waals surface area contributed by atoms with Gasteiger partial charge in [0.15, 0.2) is 0 Å². The molecule has 2 heterocycles.